The molecule has 0 aliphatic rings. The van der Waals surface area contributed by atoms with Crippen molar-refractivity contribution < 1.29 is 13.9 Å². The van der Waals surface area contributed by atoms with Gasteiger partial charge in [0.25, 0.3) is 0 Å². The predicted molar refractivity (Wildman–Crippen MR) is 81.5 cm³/mol. The lowest BCUT2D eigenvalue weighted by Gasteiger charge is -2.19. The summed E-state index contributed by atoms with van der Waals surface area (Å²) in [5, 5.41) is 0.325. The van der Waals surface area contributed by atoms with Crippen molar-refractivity contribution in [3.63, 3.8) is 0 Å². The van der Waals surface area contributed by atoms with Gasteiger partial charge < -0.3 is 15.4 Å². The fraction of sp³-hybridized carbons (Fsp3) is 0.462. The second-order valence-electron chi connectivity index (χ2n) is 4.28. The van der Waals surface area contributed by atoms with E-state index in [1.807, 2.05) is 19.0 Å². The third-order valence-electron chi connectivity index (χ3n) is 2.69. The molecule has 0 saturated carbocycles. The van der Waals surface area contributed by atoms with Crippen molar-refractivity contribution >= 4 is 35.7 Å². The number of carbonyl (C=O) groups is 1. The molecule has 0 bridgehead atoms. The number of nitrogens with two attached hydrogens (primary N) is 1. The Hall–Kier alpha value is -1.04. The van der Waals surface area contributed by atoms with Crippen molar-refractivity contribution in [2.75, 3.05) is 25.6 Å². The van der Waals surface area contributed by atoms with Crippen molar-refractivity contribution in [3.05, 3.63) is 28.8 Å². The van der Waals surface area contributed by atoms with Crippen LogP contribution in [0.15, 0.2) is 18.2 Å². The van der Waals surface area contributed by atoms with Gasteiger partial charge in [-0.1, -0.05) is 17.7 Å². The standard InChI is InChI=1S/C13H18ClFN2O2.ClH/c1-4-19-13(18)11(15)12(16)9-6-5-8(17(2)3)7-10(9)14;/h5-7,11-12H,4,16H2,1-3H3;1H/t11?,12-;/m0./s1. The molecule has 0 saturated heterocycles. The van der Waals surface area contributed by atoms with Gasteiger partial charge >= 0.3 is 5.97 Å². The molecule has 0 aliphatic carbocycles. The lowest BCUT2D eigenvalue weighted by molar-refractivity contribution is -0.149. The number of hydrogen-bond acceptors (Lipinski definition) is 4. The van der Waals surface area contributed by atoms with Crippen LogP contribution in [-0.4, -0.2) is 32.8 Å². The smallest absolute Gasteiger partial charge is 0.342 e. The third-order valence-corrected chi connectivity index (χ3v) is 3.01. The summed E-state index contributed by atoms with van der Waals surface area (Å²) in [6.45, 7) is 1.72. The monoisotopic (exact) mass is 324 g/mol. The summed E-state index contributed by atoms with van der Waals surface area (Å²) in [6.07, 6.45) is -1.93. The first-order valence-corrected chi connectivity index (χ1v) is 6.29. The SMILES string of the molecule is CCOC(=O)C(F)[C@@H](N)c1ccc(N(C)C)cc1Cl.Cl. The maximum absolute atomic E-state index is 13.8. The number of rotatable bonds is 5. The van der Waals surface area contributed by atoms with Gasteiger partial charge in [0.2, 0.25) is 6.17 Å². The normalized spacial score (nSPS) is 13.1. The van der Waals surface area contributed by atoms with Crippen LogP contribution in [0.5, 0.6) is 0 Å². The Bertz CT molecular complexity index is 458. The highest BCUT2D eigenvalue weighted by Gasteiger charge is 2.29. The summed E-state index contributed by atoms with van der Waals surface area (Å²) in [5.74, 6) is -0.970. The number of anilines is 1. The molecule has 0 amide bonds. The molecule has 0 radical (unpaired) electrons. The van der Waals surface area contributed by atoms with E-state index < -0.39 is 18.2 Å². The van der Waals surface area contributed by atoms with Gasteiger partial charge in [0.15, 0.2) is 0 Å². The number of alkyl halides is 1. The Balaban J connectivity index is 0.00000361. The minimum absolute atomic E-state index is 0. The number of esters is 1. The van der Waals surface area contributed by atoms with Crippen molar-refractivity contribution in [3.8, 4) is 0 Å². The summed E-state index contributed by atoms with van der Waals surface area (Å²) >= 11 is 6.07. The Morgan fingerprint density at radius 1 is 1.50 bits per heavy atom. The van der Waals surface area contributed by atoms with Crippen molar-refractivity contribution in [2.24, 2.45) is 5.73 Å². The molecule has 0 heterocycles. The van der Waals surface area contributed by atoms with Crippen LogP contribution in [0.1, 0.15) is 18.5 Å². The average Bonchev–Trinajstić information content (AvgIpc) is 2.37. The van der Waals surface area contributed by atoms with E-state index in [1.165, 1.54) is 0 Å². The van der Waals surface area contributed by atoms with Crippen molar-refractivity contribution in [1.82, 2.24) is 0 Å². The summed E-state index contributed by atoms with van der Waals surface area (Å²) in [4.78, 5) is 13.2. The Labute approximate surface area is 129 Å². The first kappa shape index (κ1) is 19.0. The molecule has 0 aliphatic heterocycles. The van der Waals surface area contributed by atoms with Gasteiger partial charge in [-0.15, -0.1) is 12.4 Å². The van der Waals surface area contributed by atoms with Crippen LogP contribution < -0.4 is 10.6 Å². The molecule has 20 heavy (non-hydrogen) atoms. The first-order chi connectivity index (χ1) is 8.88. The maximum Gasteiger partial charge on any atom is 0.342 e. The molecule has 0 fully saturated rings. The summed E-state index contributed by atoms with van der Waals surface area (Å²) in [6, 6.07) is 3.92. The van der Waals surface area contributed by atoms with Crippen LogP contribution in [0.3, 0.4) is 0 Å². The molecule has 1 unspecified atom stereocenters. The Morgan fingerprint density at radius 3 is 2.55 bits per heavy atom. The zero-order valence-corrected chi connectivity index (χ0v) is 13.2. The van der Waals surface area contributed by atoms with Crippen LogP contribution in [-0.2, 0) is 9.53 Å². The van der Waals surface area contributed by atoms with Gasteiger partial charge in [0.1, 0.15) is 0 Å². The maximum atomic E-state index is 13.8. The third kappa shape index (κ3) is 4.51. The fourth-order valence-corrected chi connectivity index (χ4v) is 1.89. The molecule has 1 aromatic rings. The van der Waals surface area contributed by atoms with Crippen molar-refractivity contribution in [1.29, 1.82) is 0 Å². The van der Waals surface area contributed by atoms with Gasteiger partial charge in [-0.05, 0) is 24.6 Å². The molecular formula is C13H19Cl2FN2O2. The zero-order chi connectivity index (χ0) is 14.6. The van der Waals surface area contributed by atoms with E-state index in [0.29, 0.717) is 10.6 Å². The summed E-state index contributed by atoms with van der Waals surface area (Å²) < 4.78 is 18.4. The number of halogens is 3. The average molecular weight is 325 g/mol. The Morgan fingerprint density at radius 2 is 2.10 bits per heavy atom. The van der Waals surface area contributed by atoms with Gasteiger partial charge in [-0.2, -0.15) is 0 Å². The quantitative estimate of drug-likeness (QED) is 0.846. The summed E-state index contributed by atoms with van der Waals surface area (Å²) in [7, 11) is 3.73. The largest absolute Gasteiger partial charge is 0.464 e. The van der Waals surface area contributed by atoms with E-state index in [2.05, 4.69) is 4.74 Å². The number of nitrogens with zero attached hydrogens (tertiary/aromatic N) is 1. The van der Waals surface area contributed by atoms with Crippen LogP contribution in [0.4, 0.5) is 10.1 Å². The minimum atomic E-state index is -1.93. The molecule has 0 spiro atoms. The van der Waals surface area contributed by atoms with E-state index in [-0.39, 0.29) is 19.0 Å². The predicted octanol–water partition coefficient (Wildman–Crippen LogP) is 2.73. The lowest BCUT2D eigenvalue weighted by atomic mass is 10.0. The number of benzene rings is 1. The molecular weight excluding hydrogens is 306 g/mol. The topological polar surface area (TPSA) is 55.6 Å². The summed E-state index contributed by atoms with van der Waals surface area (Å²) in [5.41, 5.74) is 6.97. The molecule has 1 rings (SSSR count). The zero-order valence-electron chi connectivity index (χ0n) is 11.6. The first-order valence-electron chi connectivity index (χ1n) is 5.91. The second kappa shape index (κ2) is 8.29. The van der Waals surface area contributed by atoms with E-state index in [4.69, 9.17) is 17.3 Å². The lowest BCUT2D eigenvalue weighted by Crippen LogP contribution is -2.31. The van der Waals surface area contributed by atoms with E-state index >= 15 is 0 Å². The van der Waals surface area contributed by atoms with Gasteiger partial charge in [0, 0.05) is 24.8 Å². The van der Waals surface area contributed by atoms with Gasteiger partial charge in [0.05, 0.1) is 12.6 Å². The highest BCUT2D eigenvalue weighted by molar-refractivity contribution is 6.31. The molecule has 114 valence electrons. The van der Waals surface area contributed by atoms with Crippen LogP contribution in [0.25, 0.3) is 0 Å². The fourth-order valence-electron chi connectivity index (χ4n) is 1.59. The highest BCUT2D eigenvalue weighted by Crippen LogP contribution is 2.29. The number of carbonyl (C=O) groups excluding carboxylic acids is 1. The minimum Gasteiger partial charge on any atom is -0.464 e. The van der Waals surface area contributed by atoms with E-state index in [0.717, 1.165) is 5.69 Å². The van der Waals surface area contributed by atoms with E-state index in [9.17, 15) is 9.18 Å². The molecule has 2 N–H and O–H groups in total. The van der Waals surface area contributed by atoms with Gasteiger partial charge in [-0.25, -0.2) is 9.18 Å². The molecule has 7 heteroatoms. The van der Waals surface area contributed by atoms with Crippen LogP contribution >= 0.6 is 24.0 Å². The van der Waals surface area contributed by atoms with Crippen molar-refractivity contribution in [2.45, 2.75) is 19.1 Å². The highest BCUT2D eigenvalue weighted by atomic mass is 35.5. The molecule has 4 nitrogen and oxygen atoms in total. The second-order valence-corrected chi connectivity index (χ2v) is 4.69. The number of hydrogen-bond donors (Lipinski definition) is 1. The van der Waals surface area contributed by atoms with Gasteiger partial charge in [-0.3, -0.25) is 0 Å². The van der Waals surface area contributed by atoms with Crippen LogP contribution in [0, 0.1) is 0 Å². The van der Waals surface area contributed by atoms with Crippen LogP contribution in [0.2, 0.25) is 5.02 Å². The number of ether oxygens (including phenoxy) is 1. The molecule has 0 aromatic heterocycles. The van der Waals surface area contributed by atoms with E-state index in [1.54, 1.807) is 25.1 Å². The Kier molecular flexibility index (Phi) is 7.86. The molecule has 1 aromatic carbocycles. The molecule has 2 atom stereocenters.